The number of hydrogen-bond acceptors (Lipinski definition) is 7. The molecule has 0 fully saturated rings. The van der Waals surface area contributed by atoms with Gasteiger partial charge in [0.05, 0.1) is 14.2 Å². The van der Waals surface area contributed by atoms with Gasteiger partial charge < -0.3 is 19.5 Å². The fourth-order valence-electron chi connectivity index (χ4n) is 3.94. The first-order valence-electron chi connectivity index (χ1n) is 11.6. The minimum Gasteiger partial charge on any atom is -0.493 e. The van der Waals surface area contributed by atoms with Crippen LogP contribution in [0.1, 0.15) is 34.8 Å². The first-order valence-corrected chi connectivity index (χ1v) is 11.6. The van der Waals surface area contributed by atoms with Crippen LogP contribution in [0.3, 0.4) is 0 Å². The first kappa shape index (κ1) is 24.7. The topological polar surface area (TPSA) is 102 Å². The van der Waals surface area contributed by atoms with Crippen molar-refractivity contribution in [3.8, 4) is 11.5 Å². The van der Waals surface area contributed by atoms with Gasteiger partial charge in [-0.2, -0.15) is 10.1 Å². The van der Waals surface area contributed by atoms with Crippen LogP contribution in [0.2, 0.25) is 0 Å². The first-order chi connectivity index (χ1) is 17.5. The molecule has 1 N–H and O–H groups in total. The molecule has 2 amide bonds. The number of methoxy groups -OCH3 is 2. The number of hydrogen-bond donors (Lipinski definition) is 1. The Hall–Kier alpha value is -4.40. The molecule has 1 aromatic heterocycles. The van der Waals surface area contributed by atoms with Gasteiger partial charge in [-0.3, -0.25) is 9.78 Å². The molecule has 1 aliphatic heterocycles. The maximum atomic E-state index is 13.1. The lowest BCUT2D eigenvalue weighted by molar-refractivity contribution is 0.0497. The molecule has 0 bridgehead atoms. The van der Waals surface area contributed by atoms with Crippen molar-refractivity contribution in [2.75, 3.05) is 14.2 Å². The molecular weight excluding hydrogens is 460 g/mol. The Morgan fingerprint density at radius 2 is 1.78 bits per heavy atom. The summed E-state index contributed by atoms with van der Waals surface area (Å²) in [4.78, 5) is 30.1. The van der Waals surface area contributed by atoms with E-state index < -0.39 is 18.4 Å². The zero-order chi connectivity index (χ0) is 25.5. The summed E-state index contributed by atoms with van der Waals surface area (Å²) in [5.41, 5.74) is 2.61. The zero-order valence-corrected chi connectivity index (χ0v) is 20.4. The van der Waals surface area contributed by atoms with Crippen LogP contribution in [-0.4, -0.2) is 54.2 Å². The number of benzene rings is 2. The van der Waals surface area contributed by atoms with Crippen molar-refractivity contribution in [1.29, 1.82) is 0 Å². The summed E-state index contributed by atoms with van der Waals surface area (Å²) in [5, 5.41) is 8.84. The number of pyridine rings is 1. The lowest BCUT2D eigenvalue weighted by atomic mass is 10.0. The largest absolute Gasteiger partial charge is 0.493 e. The van der Waals surface area contributed by atoms with Gasteiger partial charge in [-0.15, -0.1) is 0 Å². The van der Waals surface area contributed by atoms with Crippen LogP contribution < -0.4 is 14.8 Å². The fourth-order valence-corrected chi connectivity index (χ4v) is 3.94. The van der Waals surface area contributed by atoms with Gasteiger partial charge in [0.15, 0.2) is 11.5 Å². The standard InChI is InChI=1S/C27H28N4O5/c1-4-21-25(20-10-11-22(34-2)23(17-20)35-3)30-31(27(33)36-21)24(16-18-8-6-5-7-9-18)29-26(32)19-12-14-28-15-13-19/h5-15,17,21,24H,4,16H2,1-3H3,(H,29,32). The Morgan fingerprint density at radius 3 is 2.44 bits per heavy atom. The molecule has 1 aliphatic rings. The quantitative estimate of drug-likeness (QED) is 0.488. The molecule has 9 nitrogen and oxygen atoms in total. The molecule has 2 atom stereocenters. The Labute approximate surface area is 209 Å². The van der Waals surface area contributed by atoms with Gasteiger partial charge in [0.2, 0.25) is 0 Å². The number of nitrogens with one attached hydrogen (secondary N) is 1. The van der Waals surface area contributed by atoms with E-state index in [4.69, 9.17) is 19.3 Å². The van der Waals surface area contributed by atoms with E-state index in [1.807, 2.05) is 43.3 Å². The average molecular weight is 489 g/mol. The van der Waals surface area contributed by atoms with E-state index in [0.29, 0.717) is 35.6 Å². The molecule has 36 heavy (non-hydrogen) atoms. The molecule has 0 spiro atoms. The molecule has 0 saturated heterocycles. The number of rotatable bonds is 9. The highest BCUT2D eigenvalue weighted by Crippen LogP contribution is 2.30. The van der Waals surface area contributed by atoms with Crippen LogP contribution in [-0.2, 0) is 11.2 Å². The number of carbonyl (C=O) groups excluding carboxylic acids is 2. The molecule has 2 unspecified atom stereocenters. The Balaban J connectivity index is 1.73. The van der Waals surface area contributed by atoms with E-state index in [2.05, 4.69) is 10.3 Å². The van der Waals surface area contributed by atoms with Gasteiger partial charge in [0.1, 0.15) is 18.0 Å². The van der Waals surface area contributed by atoms with Crippen LogP contribution in [0.25, 0.3) is 0 Å². The van der Waals surface area contributed by atoms with Crippen molar-refractivity contribution in [3.63, 3.8) is 0 Å². The highest BCUT2D eigenvalue weighted by atomic mass is 16.6. The summed E-state index contributed by atoms with van der Waals surface area (Å²) < 4.78 is 16.6. The lowest BCUT2D eigenvalue weighted by Gasteiger charge is -2.34. The van der Waals surface area contributed by atoms with E-state index in [1.165, 1.54) is 17.4 Å². The number of amides is 2. The number of nitrogens with zero attached hydrogens (tertiary/aromatic N) is 3. The van der Waals surface area contributed by atoms with Gasteiger partial charge in [0.25, 0.3) is 5.91 Å². The Morgan fingerprint density at radius 1 is 1.06 bits per heavy atom. The fraction of sp³-hybridized carbons (Fsp3) is 0.259. The third kappa shape index (κ3) is 5.46. The Kier molecular flexibility index (Phi) is 7.79. The van der Waals surface area contributed by atoms with Crippen LogP contribution in [0.5, 0.6) is 11.5 Å². The number of carbonyl (C=O) groups is 2. The second kappa shape index (κ2) is 11.4. The van der Waals surface area contributed by atoms with E-state index in [9.17, 15) is 9.59 Å². The van der Waals surface area contributed by atoms with Crippen LogP contribution in [0, 0.1) is 0 Å². The Bertz CT molecular complexity index is 1230. The minimum absolute atomic E-state index is 0.326. The molecule has 3 aromatic rings. The molecule has 4 rings (SSSR count). The number of ether oxygens (including phenoxy) is 3. The van der Waals surface area contributed by atoms with Gasteiger partial charge >= 0.3 is 6.09 Å². The van der Waals surface area contributed by atoms with Crippen molar-refractivity contribution in [2.45, 2.75) is 32.0 Å². The van der Waals surface area contributed by atoms with Gasteiger partial charge in [-0.25, -0.2) is 4.79 Å². The second-order valence-corrected chi connectivity index (χ2v) is 8.10. The lowest BCUT2D eigenvalue weighted by Crippen LogP contribution is -2.53. The van der Waals surface area contributed by atoms with Crippen molar-refractivity contribution in [3.05, 3.63) is 89.7 Å². The monoisotopic (exact) mass is 488 g/mol. The second-order valence-electron chi connectivity index (χ2n) is 8.10. The molecule has 0 aliphatic carbocycles. The highest BCUT2D eigenvalue weighted by molar-refractivity contribution is 6.06. The predicted octanol–water partition coefficient (Wildman–Crippen LogP) is 4.03. The summed E-state index contributed by atoms with van der Waals surface area (Å²) in [5.74, 6) is 0.751. The van der Waals surface area contributed by atoms with E-state index >= 15 is 0 Å². The van der Waals surface area contributed by atoms with E-state index in [-0.39, 0.29) is 5.91 Å². The van der Waals surface area contributed by atoms with Crippen LogP contribution in [0.4, 0.5) is 4.79 Å². The molecule has 2 aromatic carbocycles. The summed E-state index contributed by atoms with van der Waals surface area (Å²) in [6, 6.07) is 18.2. The molecule has 9 heteroatoms. The SMILES string of the molecule is CCC1OC(=O)N(C(Cc2ccccc2)NC(=O)c2ccncc2)N=C1c1ccc(OC)c(OC)c1. The number of cyclic esters (lactones) is 1. The number of hydrazone groups is 1. The zero-order valence-electron chi connectivity index (χ0n) is 20.4. The van der Waals surface area contributed by atoms with Gasteiger partial charge in [-0.05, 0) is 42.3 Å². The van der Waals surface area contributed by atoms with E-state index in [0.717, 1.165) is 11.1 Å². The summed E-state index contributed by atoms with van der Waals surface area (Å²) in [6.07, 6.45) is 1.94. The van der Waals surface area contributed by atoms with Crippen molar-refractivity contribution in [1.82, 2.24) is 15.3 Å². The maximum Gasteiger partial charge on any atom is 0.433 e. The van der Waals surface area contributed by atoms with E-state index in [1.54, 1.807) is 38.5 Å². The summed E-state index contributed by atoms with van der Waals surface area (Å²) in [6.45, 7) is 1.91. The summed E-state index contributed by atoms with van der Waals surface area (Å²) >= 11 is 0. The summed E-state index contributed by atoms with van der Waals surface area (Å²) in [7, 11) is 3.12. The predicted molar refractivity (Wildman–Crippen MR) is 134 cm³/mol. The molecule has 0 radical (unpaired) electrons. The van der Waals surface area contributed by atoms with Crippen LogP contribution >= 0.6 is 0 Å². The van der Waals surface area contributed by atoms with Crippen molar-refractivity contribution in [2.24, 2.45) is 5.10 Å². The van der Waals surface area contributed by atoms with Crippen molar-refractivity contribution >= 4 is 17.7 Å². The molecular formula is C27H28N4O5. The normalized spacial score (nSPS) is 16.0. The number of aromatic nitrogens is 1. The highest BCUT2D eigenvalue weighted by Gasteiger charge is 2.36. The maximum absolute atomic E-state index is 13.1. The minimum atomic E-state index is -0.798. The van der Waals surface area contributed by atoms with Crippen LogP contribution in [0.15, 0.2) is 78.2 Å². The third-order valence-electron chi connectivity index (χ3n) is 5.81. The molecule has 0 saturated carbocycles. The van der Waals surface area contributed by atoms with Gasteiger partial charge in [0, 0.05) is 29.9 Å². The molecule has 186 valence electrons. The molecule has 2 heterocycles. The van der Waals surface area contributed by atoms with Crippen molar-refractivity contribution < 1.29 is 23.8 Å². The smallest absolute Gasteiger partial charge is 0.433 e. The third-order valence-corrected chi connectivity index (χ3v) is 5.81. The van der Waals surface area contributed by atoms with Gasteiger partial charge in [-0.1, -0.05) is 37.3 Å². The average Bonchev–Trinajstić information content (AvgIpc) is 2.93.